The molecule has 2 aliphatic carbocycles. The van der Waals surface area contributed by atoms with Crippen molar-refractivity contribution in [1.82, 2.24) is 9.78 Å². The summed E-state index contributed by atoms with van der Waals surface area (Å²) in [6, 6.07) is 0. The number of nitrogens with two attached hydrogens (primary N) is 1. The highest BCUT2D eigenvalue weighted by Gasteiger charge is 2.49. The van der Waals surface area contributed by atoms with Crippen LogP contribution in [0.1, 0.15) is 37.7 Å². The fourth-order valence-corrected chi connectivity index (χ4v) is 4.21. The largest absolute Gasteiger partial charge is 0.330 e. The average Bonchev–Trinajstić information content (AvgIpc) is 3.01. The van der Waals surface area contributed by atoms with Crippen LogP contribution in [0.5, 0.6) is 0 Å². The fraction of sp³-hybridized carbons (Fsp3) is 0.786. The molecule has 3 heteroatoms. The Morgan fingerprint density at radius 2 is 2.41 bits per heavy atom. The topological polar surface area (TPSA) is 43.8 Å². The van der Waals surface area contributed by atoms with Gasteiger partial charge >= 0.3 is 0 Å². The van der Waals surface area contributed by atoms with Gasteiger partial charge in [0.05, 0.1) is 6.20 Å². The molecule has 94 valence electrons. The third kappa shape index (κ3) is 1.90. The van der Waals surface area contributed by atoms with Gasteiger partial charge in [0, 0.05) is 13.2 Å². The molecular formula is C14H23N3. The highest BCUT2D eigenvalue weighted by Crippen LogP contribution is 2.57. The monoisotopic (exact) mass is 233 g/mol. The van der Waals surface area contributed by atoms with Crippen LogP contribution >= 0.6 is 0 Å². The molecule has 2 saturated carbocycles. The van der Waals surface area contributed by atoms with E-state index >= 15 is 0 Å². The Morgan fingerprint density at radius 3 is 2.94 bits per heavy atom. The molecule has 17 heavy (non-hydrogen) atoms. The van der Waals surface area contributed by atoms with E-state index in [0.717, 1.165) is 24.8 Å². The third-order valence-corrected chi connectivity index (χ3v) is 5.18. The maximum atomic E-state index is 6.10. The molecule has 3 rings (SSSR count). The second-order valence-corrected chi connectivity index (χ2v) is 6.17. The molecule has 0 spiro atoms. The van der Waals surface area contributed by atoms with E-state index in [0.29, 0.717) is 5.41 Å². The van der Waals surface area contributed by atoms with Crippen LogP contribution in [-0.4, -0.2) is 16.3 Å². The first kappa shape index (κ1) is 11.3. The van der Waals surface area contributed by atoms with Gasteiger partial charge in [-0.1, -0.05) is 6.42 Å². The number of fused-ring (bicyclic) bond motifs is 2. The highest BCUT2D eigenvalue weighted by molar-refractivity contribution is 5.07. The van der Waals surface area contributed by atoms with Gasteiger partial charge in [-0.3, -0.25) is 4.68 Å². The quantitative estimate of drug-likeness (QED) is 0.865. The predicted octanol–water partition coefficient (Wildman–Crippen LogP) is 2.12. The molecule has 3 unspecified atom stereocenters. The van der Waals surface area contributed by atoms with Gasteiger partial charge in [0.15, 0.2) is 0 Å². The van der Waals surface area contributed by atoms with Gasteiger partial charge in [0.1, 0.15) is 0 Å². The van der Waals surface area contributed by atoms with Gasteiger partial charge in [0.25, 0.3) is 0 Å². The zero-order chi connectivity index (χ0) is 11.9. The minimum Gasteiger partial charge on any atom is -0.330 e. The molecule has 2 bridgehead atoms. The molecule has 1 aromatic rings. The maximum absolute atomic E-state index is 6.10. The number of rotatable bonds is 4. The molecule has 2 aliphatic rings. The Kier molecular flexibility index (Phi) is 2.74. The summed E-state index contributed by atoms with van der Waals surface area (Å²) in [5, 5.41) is 4.24. The molecular weight excluding hydrogens is 210 g/mol. The summed E-state index contributed by atoms with van der Waals surface area (Å²) >= 11 is 0. The summed E-state index contributed by atoms with van der Waals surface area (Å²) < 4.78 is 1.89. The Hall–Kier alpha value is -0.830. The maximum Gasteiger partial charge on any atom is 0.0521 e. The van der Waals surface area contributed by atoms with Crippen LogP contribution in [0.2, 0.25) is 0 Å². The van der Waals surface area contributed by atoms with E-state index in [1.165, 1.54) is 37.7 Å². The fourth-order valence-electron chi connectivity index (χ4n) is 4.21. The lowest BCUT2D eigenvalue weighted by Crippen LogP contribution is -2.36. The normalized spacial score (nSPS) is 35.6. The zero-order valence-electron chi connectivity index (χ0n) is 10.7. The first-order valence-electron chi connectivity index (χ1n) is 6.89. The lowest BCUT2D eigenvalue weighted by atomic mass is 9.70. The second-order valence-electron chi connectivity index (χ2n) is 6.17. The zero-order valence-corrected chi connectivity index (χ0v) is 10.7. The van der Waals surface area contributed by atoms with Crippen molar-refractivity contribution < 1.29 is 0 Å². The van der Waals surface area contributed by atoms with Crippen LogP contribution in [-0.2, 0) is 13.5 Å². The first-order valence-corrected chi connectivity index (χ1v) is 6.89. The molecule has 3 nitrogen and oxygen atoms in total. The molecule has 3 atom stereocenters. The van der Waals surface area contributed by atoms with Crippen molar-refractivity contribution in [3.8, 4) is 0 Å². The summed E-state index contributed by atoms with van der Waals surface area (Å²) in [7, 11) is 1.99. The summed E-state index contributed by atoms with van der Waals surface area (Å²) in [5.41, 5.74) is 7.92. The van der Waals surface area contributed by atoms with Crippen molar-refractivity contribution >= 4 is 0 Å². The number of aryl methyl sites for hydroxylation is 2. The second kappa shape index (κ2) is 4.13. The Morgan fingerprint density at radius 1 is 1.53 bits per heavy atom. The molecule has 1 heterocycles. The van der Waals surface area contributed by atoms with E-state index in [4.69, 9.17) is 5.73 Å². The van der Waals surface area contributed by atoms with Crippen LogP contribution in [0, 0.1) is 17.3 Å². The van der Waals surface area contributed by atoms with Crippen LogP contribution < -0.4 is 5.73 Å². The van der Waals surface area contributed by atoms with E-state index in [2.05, 4.69) is 11.3 Å². The Balaban J connectivity index is 1.67. The molecule has 0 amide bonds. The van der Waals surface area contributed by atoms with E-state index in [1.807, 2.05) is 17.9 Å². The minimum absolute atomic E-state index is 0.457. The number of hydrogen-bond acceptors (Lipinski definition) is 2. The summed E-state index contributed by atoms with van der Waals surface area (Å²) in [5.74, 6) is 1.90. The lowest BCUT2D eigenvalue weighted by molar-refractivity contribution is 0.158. The van der Waals surface area contributed by atoms with Crippen molar-refractivity contribution in [3.05, 3.63) is 18.0 Å². The van der Waals surface area contributed by atoms with Crippen LogP contribution in [0.3, 0.4) is 0 Å². The lowest BCUT2D eigenvalue weighted by Gasteiger charge is -2.36. The van der Waals surface area contributed by atoms with Crippen molar-refractivity contribution in [2.24, 2.45) is 30.0 Å². The number of nitrogens with zero attached hydrogens (tertiary/aromatic N) is 2. The standard InChI is InChI=1S/C14H23N3/c1-17-9-12(8-16-17)4-5-14(10-15)7-11-2-3-13(14)6-11/h8-9,11,13H,2-7,10,15H2,1H3. The number of hydrogen-bond donors (Lipinski definition) is 1. The summed E-state index contributed by atoms with van der Waals surface area (Å²) in [6.45, 7) is 0.883. The summed E-state index contributed by atoms with van der Waals surface area (Å²) in [6.07, 6.45) is 12.3. The van der Waals surface area contributed by atoms with Crippen molar-refractivity contribution in [2.45, 2.75) is 38.5 Å². The molecule has 0 saturated heterocycles. The van der Waals surface area contributed by atoms with Crippen LogP contribution in [0.15, 0.2) is 12.4 Å². The van der Waals surface area contributed by atoms with E-state index in [1.54, 1.807) is 0 Å². The van der Waals surface area contributed by atoms with Gasteiger partial charge < -0.3 is 5.73 Å². The van der Waals surface area contributed by atoms with E-state index in [9.17, 15) is 0 Å². The highest BCUT2D eigenvalue weighted by atomic mass is 15.2. The van der Waals surface area contributed by atoms with E-state index in [-0.39, 0.29) is 0 Å². The average molecular weight is 233 g/mol. The molecule has 0 aromatic carbocycles. The van der Waals surface area contributed by atoms with Gasteiger partial charge in [-0.2, -0.15) is 5.10 Å². The minimum atomic E-state index is 0.457. The molecule has 2 fully saturated rings. The van der Waals surface area contributed by atoms with Gasteiger partial charge in [-0.25, -0.2) is 0 Å². The van der Waals surface area contributed by atoms with Gasteiger partial charge in [-0.05, 0) is 61.5 Å². The molecule has 0 aliphatic heterocycles. The van der Waals surface area contributed by atoms with Crippen LogP contribution in [0.4, 0.5) is 0 Å². The Bertz CT molecular complexity index is 398. The molecule has 0 radical (unpaired) electrons. The van der Waals surface area contributed by atoms with Crippen molar-refractivity contribution in [1.29, 1.82) is 0 Å². The third-order valence-electron chi connectivity index (χ3n) is 5.18. The van der Waals surface area contributed by atoms with Gasteiger partial charge in [0.2, 0.25) is 0 Å². The van der Waals surface area contributed by atoms with Crippen LogP contribution in [0.25, 0.3) is 0 Å². The summed E-state index contributed by atoms with van der Waals surface area (Å²) in [4.78, 5) is 0. The van der Waals surface area contributed by atoms with E-state index < -0.39 is 0 Å². The molecule has 2 N–H and O–H groups in total. The van der Waals surface area contributed by atoms with Crippen molar-refractivity contribution in [3.63, 3.8) is 0 Å². The molecule has 1 aromatic heterocycles. The number of aromatic nitrogens is 2. The SMILES string of the molecule is Cn1cc(CCC2(CN)CC3CCC2C3)cn1. The first-order chi connectivity index (χ1) is 8.22. The smallest absolute Gasteiger partial charge is 0.0521 e. The Labute approximate surface area is 103 Å². The van der Waals surface area contributed by atoms with Gasteiger partial charge in [-0.15, -0.1) is 0 Å². The van der Waals surface area contributed by atoms with Crippen molar-refractivity contribution in [2.75, 3.05) is 6.54 Å². The predicted molar refractivity (Wildman–Crippen MR) is 68.5 cm³/mol.